The normalized spacial score (nSPS) is 13.9. The van der Waals surface area contributed by atoms with Crippen molar-refractivity contribution in [1.29, 1.82) is 5.26 Å². The molecule has 82 valence electrons. The van der Waals surface area contributed by atoms with E-state index < -0.39 is 28.6 Å². The number of alkyl halides is 7. The molecule has 0 aliphatic carbocycles. The maximum atomic E-state index is 12.5. The Bertz CT molecular complexity index is 245. The lowest BCUT2D eigenvalue weighted by Crippen LogP contribution is -2.53. The Kier molecular flexibility index (Phi) is 4.06. The fourth-order valence-electron chi connectivity index (χ4n) is 0.576. The van der Waals surface area contributed by atoms with Crippen LogP contribution in [0.15, 0.2) is 0 Å². The van der Waals surface area contributed by atoms with Crippen molar-refractivity contribution in [2.75, 3.05) is 4.43 Å². The molecule has 0 saturated carbocycles. The van der Waals surface area contributed by atoms with E-state index in [2.05, 4.69) is 0 Å². The van der Waals surface area contributed by atoms with Crippen LogP contribution in [0.5, 0.6) is 0 Å². The second-order valence-corrected chi connectivity index (χ2v) is 3.48. The Balaban J connectivity index is 5.05. The molecule has 0 amide bonds. The lowest BCUT2D eigenvalue weighted by Gasteiger charge is -2.28. The van der Waals surface area contributed by atoms with Gasteiger partial charge in [0.2, 0.25) is 0 Å². The predicted octanol–water partition coefficient (Wildman–Crippen LogP) is 3.24. The van der Waals surface area contributed by atoms with Crippen molar-refractivity contribution in [3.8, 4) is 6.07 Å². The Morgan fingerprint density at radius 3 is 1.79 bits per heavy atom. The smallest absolute Gasteiger partial charge is 0.200 e. The summed E-state index contributed by atoms with van der Waals surface area (Å²) in [6.07, 6.45) is -1.40. The van der Waals surface area contributed by atoms with Gasteiger partial charge in [-0.05, 0) is 0 Å². The molecule has 0 radical (unpaired) electrons. The minimum absolute atomic E-state index is 0.120. The summed E-state index contributed by atoms with van der Waals surface area (Å²) >= 11 is 1.35. The molecular weight excluding hydrogens is 327 g/mol. The number of hydrogen-bond acceptors (Lipinski definition) is 1. The van der Waals surface area contributed by atoms with Crippen LogP contribution >= 0.6 is 22.6 Å². The second kappa shape index (κ2) is 4.12. The van der Waals surface area contributed by atoms with Crippen LogP contribution in [0.4, 0.5) is 26.3 Å². The summed E-state index contributed by atoms with van der Waals surface area (Å²) in [5.41, 5.74) is 0. The average molecular weight is 331 g/mol. The first-order valence-corrected chi connectivity index (χ1v) is 4.75. The number of rotatable bonds is 4. The summed E-state index contributed by atoms with van der Waals surface area (Å²) in [7, 11) is 0. The quantitative estimate of drug-likeness (QED) is 0.441. The van der Waals surface area contributed by atoms with Crippen LogP contribution in [-0.2, 0) is 0 Å². The standard InChI is InChI=1S/C6H4F6IN/c7-4(8,1-2-13)6(11,12)5(9,10)3-14/h1-2H2. The highest BCUT2D eigenvalue weighted by Gasteiger charge is 2.71. The fourth-order valence-corrected chi connectivity index (χ4v) is 1.25. The molecule has 0 rings (SSSR count). The first-order valence-electron chi connectivity index (χ1n) is 3.23. The van der Waals surface area contributed by atoms with Crippen LogP contribution in [-0.4, -0.2) is 22.2 Å². The van der Waals surface area contributed by atoms with Gasteiger partial charge in [-0.3, -0.25) is 0 Å². The van der Waals surface area contributed by atoms with Crippen molar-refractivity contribution in [3.63, 3.8) is 0 Å². The Morgan fingerprint density at radius 2 is 1.50 bits per heavy atom. The molecule has 0 aliphatic rings. The van der Waals surface area contributed by atoms with E-state index in [0.717, 1.165) is 0 Å². The van der Waals surface area contributed by atoms with Crippen molar-refractivity contribution in [3.05, 3.63) is 0 Å². The highest BCUT2D eigenvalue weighted by Crippen LogP contribution is 2.47. The van der Waals surface area contributed by atoms with Crippen molar-refractivity contribution in [2.45, 2.75) is 24.2 Å². The minimum Gasteiger partial charge on any atom is -0.200 e. The van der Waals surface area contributed by atoms with E-state index >= 15 is 0 Å². The van der Waals surface area contributed by atoms with Gasteiger partial charge in [0.25, 0.3) is 0 Å². The molecule has 0 aromatic carbocycles. The van der Waals surface area contributed by atoms with Gasteiger partial charge in [-0.1, -0.05) is 22.6 Å². The number of nitrogens with zero attached hydrogens (tertiary/aromatic N) is 1. The van der Waals surface area contributed by atoms with Crippen molar-refractivity contribution in [1.82, 2.24) is 0 Å². The summed E-state index contributed by atoms with van der Waals surface area (Å²) in [6, 6.07) is -0.120. The molecule has 0 heterocycles. The van der Waals surface area contributed by atoms with Crippen molar-refractivity contribution in [2.24, 2.45) is 0 Å². The first-order chi connectivity index (χ1) is 6.12. The molecule has 0 unspecified atom stereocenters. The van der Waals surface area contributed by atoms with Crippen LogP contribution in [0.3, 0.4) is 0 Å². The molecule has 0 N–H and O–H groups in total. The van der Waals surface area contributed by atoms with Gasteiger partial charge in [0, 0.05) is 10.8 Å². The van der Waals surface area contributed by atoms with E-state index in [0.29, 0.717) is 0 Å². The van der Waals surface area contributed by atoms with Gasteiger partial charge in [-0.25, -0.2) is 0 Å². The Labute approximate surface area is 89.2 Å². The minimum atomic E-state index is -5.64. The zero-order valence-corrected chi connectivity index (χ0v) is 8.66. The van der Waals surface area contributed by atoms with Gasteiger partial charge in [-0.15, -0.1) is 0 Å². The molecule has 0 bridgehead atoms. The zero-order chi connectivity index (χ0) is 11.6. The third kappa shape index (κ3) is 2.24. The molecule has 14 heavy (non-hydrogen) atoms. The Hall–Kier alpha value is -0.200. The van der Waals surface area contributed by atoms with Crippen LogP contribution in [0, 0.1) is 11.3 Å². The van der Waals surface area contributed by atoms with Crippen LogP contribution in [0.25, 0.3) is 0 Å². The molecule has 0 aromatic rings. The van der Waals surface area contributed by atoms with E-state index in [9.17, 15) is 26.3 Å². The van der Waals surface area contributed by atoms with Crippen LogP contribution in [0.2, 0.25) is 0 Å². The molecule has 0 aliphatic heterocycles. The molecular formula is C6H4F6IN. The molecule has 0 saturated heterocycles. The van der Waals surface area contributed by atoms with E-state index in [-0.39, 0.29) is 6.07 Å². The number of hydrogen-bond donors (Lipinski definition) is 0. The molecule has 0 spiro atoms. The summed E-state index contributed by atoms with van der Waals surface area (Å²) in [4.78, 5) is 0. The highest BCUT2D eigenvalue weighted by molar-refractivity contribution is 14.1. The van der Waals surface area contributed by atoms with Gasteiger partial charge >= 0.3 is 17.8 Å². The number of nitriles is 1. The highest BCUT2D eigenvalue weighted by atomic mass is 127. The fraction of sp³-hybridized carbons (Fsp3) is 0.833. The lowest BCUT2D eigenvalue weighted by molar-refractivity contribution is -0.289. The van der Waals surface area contributed by atoms with E-state index in [1.807, 2.05) is 0 Å². The second-order valence-electron chi connectivity index (χ2n) is 2.40. The lowest BCUT2D eigenvalue weighted by atomic mass is 10.0. The zero-order valence-electron chi connectivity index (χ0n) is 6.51. The number of halogens is 7. The Morgan fingerprint density at radius 1 is 1.07 bits per heavy atom. The summed E-state index contributed by atoms with van der Waals surface area (Å²) < 4.78 is 73.8. The first kappa shape index (κ1) is 13.8. The molecule has 0 aromatic heterocycles. The SMILES string of the molecule is N#CC(F)(F)C(F)(F)C(F)(F)CCI. The molecule has 0 fully saturated rings. The third-order valence-electron chi connectivity index (χ3n) is 1.40. The summed E-state index contributed by atoms with van der Waals surface area (Å²) in [6.45, 7) is 0. The van der Waals surface area contributed by atoms with Crippen LogP contribution < -0.4 is 0 Å². The van der Waals surface area contributed by atoms with E-state index in [1.165, 1.54) is 22.6 Å². The summed E-state index contributed by atoms with van der Waals surface area (Å²) in [5.74, 6) is -15.9. The van der Waals surface area contributed by atoms with Gasteiger partial charge in [-0.2, -0.15) is 31.6 Å². The van der Waals surface area contributed by atoms with E-state index in [4.69, 9.17) is 5.26 Å². The van der Waals surface area contributed by atoms with Crippen LogP contribution in [0.1, 0.15) is 6.42 Å². The maximum Gasteiger partial charge on any atom is 0.400 e. The summed E-state index contributed by atoms with van der Waals surface area (Å²) in [5, 5.41) is 7.65. The van der Waals surface area contributed by atoms with Gasteiger partial charge in [0.05, 0.1) is 0 Å². The molecule has 0 atom stereocenters. The largest absolute Gasteiger partial charge is 0.400 e. The van der Waals surface area contributed by atoms with E-state index in [1.54, 1.807) is 0 Å². The molecule has 1 nitrogen and oxygen atoms in total. The maximum absolute atomic E-state index is 12.5. The predicted molar refractivity (Wildman–Crippen MR) is 44.0 cm³/mol. The monoisotopic (exact) mass is 331 g/mol. The molecule has 8 heteroatoms. The van der Waals surface area contributed by atoms with Gasteiger partial charge in [0.15, 0.2) is 0 Å². The van der Waals surface area contributed by atoms with Gasteiger partial charge in [0.1, 0.15) is 6.07 Å². The third-order valence-corrected chi connectivity index (χ3v) is 1.94. The topological polar surface area (TPSA) is 23.8 Å². The van der Waals surface area contributed by atoms with Crippen molar-refractivity contribution < 1.29 is 26.3 Å². The van der Waals surface area contributed by atoms with Crippen molar-refractivity contribution >= 4 is 22.6 Å². The van der Waals surface area contributed by atoms with Gasteiger partial charge < -0.3 is 0 Å². The average Bonchev–Trinajstić information content (AvgIpc) is 2.03.